The topological polar surface area (TPSA) is 43.3 Å². The molecule has 3 heteroatoms. The minimum Gasteiger partial charge on any atom is -0.325 e. The van der Waals surface area contributed by atoms with Crippen molar-refractivity contribution in [3.8, 4) is 0 Å². The number of imidazole rings is 1. The van der Waals surface area contributed by atoms with Crippen LogP contribution in [0.4, 0.5) is 0 Å². The third-order valence-electron chi connectivity index (χ3n) is 3.63. The van der Waals surface area contributed by atoms with Crippen LogP contribution in [0.3, 0.4) is 0 Å². The smallest absolute Gasteiger partial charge is 0.116 e. The largest absolute Gasteiger partial charge is 0.325 e. The lowest BCUT2D eigenvalue weighted by molar-refractivity contribution is 0.400. The molecule has 1 aliphatic carbocycles. The molecule has 0 amide bonds. The van der Waals surface area contributed by atoms with Gasteiger partial charge < -0.3 is 10.1 Å². The van der Waals surface area contributed by atoms with Crippen LogP contribution >= 0.6 is 0 Å². The quantitative estimate of drug-likeness (QED) is 0.835. The molecule has 0 unspecified atom stereocenters. The molecular weight excluding hydrogens is 198 g/mol. The van der Waals surface area contributed by atoms with Gasteiger partial charge in [-0.2, -0.15) is 0 Å². The number of aromatic nitrogens is 2. The summed E-state index contributed by atoms with van der Waals surface area (Å²) in [5.41, 5.74) is 9.30. The molecule has 2 aromatic rings. The van der Waals surface area contributed by atoms with E-state index in [1.54, 1.807) is 0 Å². The van der Waals surface area contributed by atoms with Gasteiger partial charge in [0.05, 0.1) is 11.2 Å². The van der Waals surface area contributed by atoms with Gasteiger partial charge in [0.1, 0.15) is 5.82 Å². The Morgan fingerprint density at radius 1 is 1.50 bits per heavy atom. The summed E-state index contributed by atoms with van der Waals surface area (Å²) in [6.45, 7) is 2.65. The molecule has 0 bridgehead atoms. The molecule has 2 heterocycles. The highest BCUT2D eigenvalue weighted by molar-refractivity contribution is 5.59. The number of fused-ring (bicyclic) bond motifs is 1. The zero-order chi connectivity index (χ0) is 11.1. The predicted octanol–water partition coefficient (Wildman–Crippen LogP) is 2.37. The maximum absolute atomic E-state index is 5.78. The summed E-state index contributed by atoms with van der Waals surface area (Å²) in [7, 11) is 0. The van der Waals surface area contributed by atoms with Gasteiger partial charge in [0.25, 0.3) is 0 Å². The standard InChI is InChI=1S/C13H17N3/c1-9-4-3-7-16-12(9)11(8-14)15-13(16)10-5-2-6-10/h3-4,7,10H,2,5-6,8,14H2,1H3. The molecule has 2 aromatic heterocycles. The van der Waals surface area contributed by atoms with Gasteiger partial charge in [0.15, 0.2) is 0 Å². The fourth-order valence-electron chi connectivity index (χ4n) is 2.52. The Labute approximate surface area is 95.3 Å². The average molecular weight is 215 g/mol. The van der Waals surface area contributed by atoms with E-state index in [0.29, 0.717) is 12.5 Å². The van der Waals surface area contributed by atoms with E-state index in [2.05, 4.69) is 29.7 Å². The summed E-state index contributed by atoms with van der Waals surface area (Å²) in [6.07, 6.45) is 6.00. The molecule has 16 heavy (non-hydrogen) atoms. The molecule has 1 fully saturated rings. The minimum atomic E-state index is 0.529. The SMILES string of the molecule is Cc1cccn2c(C3CCC3)nc(CN)c12. The van der Waals surface area contributed by atoms with Crippen molar-refractivity contribution in [2.24, 2.45) is 5.73 Å². The van der Waals surface area contributed by atoms with E-state index < -0.39 is 0 Å². The molecule has 84 valence electrons. The van der Waals surface area contributed by atoms with Crippen molar-refractivity contribution in [3.05, 3.63) is 35.4 Å². The first-order chi connectivity index (χ1) is 7.81. The summed E-state index contributed by atoms with van der Waals surface area (Å²) >= 11 is 0. The van der Waals surface area contributed by atoms with Gasteiger partial charge in [0, 0.05) is 18.7 Å². The normalized spacial score (nSPS) is 16.6. The van der Waals surface area contributed by atoms with Crippen molar-refractivity contribution in [2.45, 2.75) is 38.6 Å². The van der Waals surface area contributed by atoms with Gasteiger partial charge in [-0.3, -0.25) is 0 Å². The number of nitrogens with zero attached hydrogens (tertiary/aromatic N) is 2. The lowest BCUT2D eigenvalue weighted by Crippen LogP contribution is -2.12. The van der Waals surface area contributed by atoms with Crippen molar-refractivity contribution in [1.82, 2.24) is 9.38 Å². The highest BCUT2D eigenvalue weighted by atomic mass is 15.0. The Bertz CT molecular complexity index is 523. The maximum Gasteiger partial charge on any atom is 0.116 e. The van der Waals surface area contributed by atoms with Crippen molar-refractivity contribution in [2.75, 3.05) is 0 Å². The van der Waals surface area contributed by atoms with Crippen molar-refractivity contribution in [1.29, 1.82) is 0 Å². The van der Waals surface area contributed by atoms with Crippen LogP contribution in [0.15, 0.2) is 18.3 Å². The number of hydrogen-bond donors (Lipinski definition) is 1. The summed E-state index contributed by atoms with van der Waals surface area (Å²) in [5.74, 6) is 1.86. The fraction of sp³-hybridized carbons (Fsp3) is 0.462. The van der Waals surface area contributed by atoms with E-state index >= 15 is 0 Å². The van der Waals surface area contributed by atoms with E-state index in [-0.39, 0.29) is 0 Å². The van der Waals surface area contributed by atoms with Crippen LogP contribution in [-0.2, 0) is 6.54 Å². The molecule has 0 atom stereocenters. The van der Waals surface area contributed by atoms with E-state index in [1.807, 2.05) is 0 Å². The van der Waals surface area contributed by atoms with Crippen LogP contribution in [0.25, 0.3) is 5.52 Å². The van der Waals surface area contributed by atoms with Gasteiger partial charge in [-0.25, -0.2) is 4.98 Å². The number of rotatable bonds is 2. The van der Waals surface area contributed by atoms with E-state index in [0.717, 1.165) is 5.69 Å². The molecule has 0 aliphatic heterocycles. The van der Waals surface area contributed by atoms with Crippen LogP contribution in [0.2, 0.25) is 0 Å². The van der Waals surface area contributed by atoms with Crippen LogP contribution in [0.5, 0.6) is 0 Å². The summed E-state index contributed by atoms with van der Waals surface area (Å²) in [5, 5.41) is 0. The Hall–Kier alpha value is -1.35. The van der Waals surface area contributed by atoms with Gasteiger partial charge in [0.2, 0.25) is 0 Å². The molecule has 3 rings (SSSR count). The first-order valence-corrected chi connectivity index (χ1v) is 5.97. The first kappa shape index (κ1) is 9.85. The molecule has 0 radical (unpaired) electrons. The third kappa shape index (κ3) is 1.28. The molecule has 2 N–H and O–H groups in total. The van der Waals surface area contributed by atoms with Crippen molar-refractivity contribution >= 4 is 5.52 Å². The molecular formula is C13H17N3. The molecule has 0 aromatic carbocycles. The van der Waals surface area contributed by atoms with Gasteiger partial charge in [-0.15, -0.1) is 0 Å². The molecule has 1 aliphatic rings. The van der Waals surface area contributed by atoms with E-state index in [1.165, 1.54) is 36.2 Å². The predicted molar refractivity (Wildman–Crippen MR) is 64.4 cm³/mol. The van der Waals surface area contributed by atoms with E-state index in [4.69, 9.17) is 10.7 Å². The van der Waals surface area contributed by atoms with Crippen molar-refractivity contribution < 1.29 is 0 Å². The highest BCUT2D eigenvalue weighted by Crippen LogP contribution is 2.36. The second-order valence-electron chi connectivity index (χ2n) is 4.66. The van der Waals surface area contributed by atoms with Gasteiger partial charge in [-0.1, -0.05) is 12.5 Å². The van der Waals surface area contributed by atoms with Crippen LogP contribution in [0.1, 0.15) is 42.3 Å². The van der Waals surface area contributed by atoms with Gasteiger partial charge >= 0.3 is 0 Å². The molecule has 0 saturated heterocycles. The number of aryl methyl sites for hydroxylation is 1. The lowest BCUT2D eigenvalue weighted by Gasteiger charge is -2.24. The first-order valence-electron chi connectivity index (χ1n) is 5.97. The number of pyridine rings is 1. The second-order valence-corrected chi connectivity index (χ2v) is 4.66. The Kier molecular flexibility index (Phi) is 2.21. The van der Waals surface area contributed by atoms with E-state index in [9.17, 15) is 0 Å². The molecule has 0 spiro atoms. The number of nitrogens with two attached hydrogens (primary N) is 1. The summed E-state index contributed by atoms with van der Waals surface area (Å²) < 4.78 is 2.24. The Morgan fingerprint density at radius 3 is 2.94 bits per heavy atom. The summed E-state index contributed by atoms with van der Waals surface area (Å²) in [6, 6.07) is 4.22. The average Bonchev–Trinajstić information content (AvgIpc) is 2.56. The van der Waals surface area contributed by atoms with Crippen LogP contribution in [-0.4, -0.2) is 9.38 Å². The number of hydrogen-bond acceptors (Lipinski definition) is 2. The molecule has 3 nitrogen and oxygen atoms in total. The molecule has 1 saturated carbocycles. The third-order valence-corrected chi connectivity index (χ3v) is 3.63. The highest BCUT2D eigenvalue weighted by Gasteiger charge is 2.25. The zero-order valence-corrected chi connectivity index (χ0v) is 9.61. The fourth-order valence-corrected chi connectivity index (χ4v) is 2.52. The minimum absolute atomic E-state index is 0.529. The second kappa shape index (κ2) is 3.59. The monoisotopic (exact) mass is 215 g/mol. The van der Waals surface area contributed by atoms with Crippen LogP contribution in [0, 0.1) is 6.92 Å². The van der Waals surface area contributed by atoms with Gasteiger partial charge in [-0.05, 0) is 31.4 Å². The maximum atomic E-state index is 5.78. The lowest BCUT2D eigenvalue weighted by atomic mass is 9.85. The Balaban J connectivity index is 2.25. The van der Waals surface area contributed by atoms with Crippen molar-refractivity contribution in [3.63, 3.8) is 0 Å². The van der Waals surface area contributed by atoms with Crippen LogP contribution < -0.4 is 5.73 Å². The zero-order valence-electron chi connectivity index (χ0n) is 9.61. The summed E-state index contributed by atoms with van der Waals surface area (Å²) in [4.78, 5) is 4.73. The Morgan fingerprint density at radius 2 is 2.31 bits per heavy atom.